The van der Waals surface area contributed by atoms with E-state index < -0.39 is 11.5 Å². The fourth-order valence-corrected chi connectivity index (χ4v) is 3.10. The van der Waals surface area contributed by atoms with Gasteiger partial charge in [-0.15, -0.1) is 0 Å². The molecule has 152 valence electrons. The summed E-state index contributed by atoms with van der Waals surface area (Å²) in [6.45, 7) is 2.64. The number of benzene rings is 1. The molecule has 0 saturated heterocycles. The molecule has 0 radical (unpaired) electrons. The fraction of sp³-hybridized carbons (Fsp3) is 0.190. The minimum Gasteiger partial charge on any atom is -0.492 e. The Hall–Kier alpha value is -4.01. The summed E-state index contributed by atoms with van der Waals surface area (Å²) in [5.41, 5.74) is 1.80. The smallest absolute Gasteiger partial charge is 0.268 e. The third kappa shape index (κ3) is 3.90. The third-order valence-electron chi connectivity index (χ3n) is 4.61. The maximum atomic E-state index is 13.1. The second kappa shape index (κ2) is 8.56. The third-order valence-corrected chi connectivity index (χ3v) is 4.61. The van der Waals surface area contributed by atoms with Crippen molar-refractivity contribution in [1.29, 1.82) is 0 Å². The first kappa shape index (κ1) is 19.3. The molecular formula is C21H20N6O3. The first-order valence-electron chi connectivity index (χ1n) is 9.60. The number of ether oxygens (including phenoxy) is 1. The summed E-state index contributed by atoms with van der Waals surface area (Å²) < 4.78 is 7.19. The molecule has 4 rings (SSSR count). The number of pyridine rings is 2. The quantitative estimate of drug-likeness (QED) is 0.458. The van der Waals surface area contributed by atoms with Gasteiger partial charge in [-0.3, -0.25) is 19.3 Å². The van der Waals surface area contributed by atoms with Gasteiger partial charge < -0.3 is 4.74 Å². The number of rotatable bonds is 7. The minimum atomic E-state index is -0.609. The summed E-state index contributed by atoms with van der Waals surface area (Å²) in [5, 5.41) is 15.4. The predicted octanol–water partition coefficient (Wildman–Crippen LogP) is 2.91. The van der Waals surface area contributed by atoms with Gasteiger partial charge in [0.05, 0.1) is 18.3 Å². The molecule has 0 bridgehead atoms. The van der Waals surface area contributed by atoms with Gasteiger partial charge >= 0.3 is 0 Å². The highest BCUT2D eigenvalue weighted by Crippen LogP contribution is 2.26. The second-order valence-electron chi connectivity index (χ2n) is 6.67. The van der Waals surface area contributed by atoms with Crippen LogP contribution in [0.1, 0.15) is 30.1 Å². The van der Waals surface area contributed by atoms with Crippen molar-refractivity contribution in [1.82, 2.24) is 25.0 Å². The maximum absolute atomic E-state index is 13.1. The van der Waals surface area contributed by atoms with E-state index in [1.165, 1.54) is 4.40 Å². The van der Waals surface area contributed by atoms with Gasteiger partial charge in [-0.05, 0) is 40.6 Å². The first-order chi connectivity index (χ1) is 14.7. The molecule has 30 heavy (non-hydrogen) atoms. The van der Waals surface area contributed by atoms with Crippen LogP contribution in [0.25, 0.3) is 16.6 Å². The lowest BCUT2D eigenvalue weighted by molar-refractivity contribution is 0.102. The van der Waals surface area contributed by atoms with Crippen LogP contribution in [0.3, 0.4) is 0 Å². The van der Waals surface area contributed by atoms with Crippen LogP contribution >= 0.6 is 0 Å². The monoisotopic (exact) mass is 404 g/mol. The molecule has 4 aromatic rings. The lowest BCUT2D eigenvalue weighted by Crippen LogP contribution is -2.27. The molecule has 0 aliphatic rings. The van der Waals surface area contributed by atoms with Crippen molar-refractivity contribution in [3.63, 3.8) is 0 Å². The molecule has 9 heteroatoms. The number of carbonyl (C=O) groups is 1. The topological polar surface area (TPSA) is 114 Å². The number of aromatic nitrogens is 5. The van der Waals surface area contributed by atoms with Crippen LogP contribution in [0.4, 0.5) is 5.95 Å². The van der Waals surface area contributed by atoms with Crippen LogP contribution in [-0.2, 0) is 0 Å². The van der Waals surface area contributed by atoms with E-state index in [1.807, 2.05) is 42.5 Å². The highest BCUT2D eigenvalue weighted by molar-refractivity contribution is 6.04. The Kier molecular flexibility index (Phi) is 5.51. The number of hydrogen-bond acceptors (Lipinski definition) is 6. The van der Waals surface area contributed by atoms with E-state index in [0.29, 0.717) is 17.9 Å². The molecule has 1 aromatic carbocycles. The number of aromatic amines is 1. The van der Waals surface area contributed by atoms with E-state index in [2.05, 4.69) is 32.9 Å². The summed E-state index contributed by atoms with van der Waals surface area (Å²) in [7, 11) is 0. The molecule has 0 fully saturated rings. The van der Waals surface area contributed by atoms with Gasteiger partial charge in [0.2, 0.25) is 5.95 Å². The second-order valence-corrected chi connectivity index (χ2v) is 6.67. The Morgan fingerprint density at radius 3 is 2.77 bits per heavy atom. The number of H-pyrrole nitrogens is 1. The van der Waals surface area contributed by atoms with Crippen LogP contribution in [0.15, 0.2) is 59.5 Å². The molecule has 2 N–H and O–H groups in total. The Balaban J connectivity index is 1.85. The zero-order chi connectivity index (χ0) is 20.9. The van der Waals surface area contributed by atoms with Crippen molar-refractivity contribution in [3.8, 4) is 16.9 Å². The summed E-state index contributed by atoms with van der Waals surface area (Å²) in [5.74, 6) is 0.0129. The van der Waals surface area contributed by atoms with Crippen molar-refractivity contribution in [3.05, 3.63) is 70.6 Å². The standard InChI is InChI=1S/C21H20N6O3/c1-2-3-11-30-15-9-10-18-16(14-7-5-4-6-8-14)12-17(20(29)27(18)13-15)19(28)22-21-23-25-26-24-21/h4-10,12-13H,2-3,11H2,1H3,(H2,22,23,24,25,26,28). The first-order valence-corrected chi connectivity index (χ1v) is 9.60. The summed E-state index contributed by atoms with van der Waals surface area (Å²) >= 11 is 0. The van der Waals surface area contributed by atoms with Crippen LogP contribution < -0.4 is 15.6 Å². The number of anilines is 1. The Labute approximate surface area is 171 Å². The molecule has 3 heterocycles. The highest BCUT2D eigenvalue weighted by Gasteiger charge is 2.18. The zero-order valence-corrected chi connectivity index (χ0v) is 16.3. The van der Waals surface area contributed by atoms with Crippen LogP contribution in [0.2, 0.25) is 0 Å². The Morgan fingerprint density at radius 1 is 1.20 bits per heavy atom. The summed E-state index contributed by atoms with van der Waals surface area (Å²) in [6, 6.07) is 14.8. The number of fused-ring (bicyclic) bond motifs is 1. The Morgan fingerprint density at radius 2 is 2.03 bits per heavy atom. The normalized spacial score (nSPS) is 10.8. The van der Waals surface area contributed by atoms with Crippen LogP contribution in [-0.4, -0.2) is 37.5 Å². The molecule has 3 aromatic heterocycles. The lowest BCUT2D eigenvalue weighted by atomic mass is 10.0. The zero-order valence-electron chi connectivity index (χ0n) is 16.3. The summed E-state index contributed by atoms with van der Waals surface area (Å²) in [6.07, 6.45) is 3.54. The van der Waals surface area contributed by atoms with Crippen LogP contribution in [0.5, 0.6) is 5.75 Å². The molecule has 0 aliphatic carbocycles. The van der Waals surface area contributed by atoms with Crippen molar-refractivity contribution in [2.24, 2.45) is 0 Å². The lowest BCUT2D eigenvalue weighted by Gasteiger charge is -2.13. The SMILES string of the molecule is CCCCOc1ccc2c(-c3ccccc3)cc(C(=O)Nc3nnn[nH]3)c(=O)n2c1. The number of amides is 1. The van der Waals surface area contributed by atoms with Crippen LogP contribution in [0, 0.1) is 0 Å². The van der Waals surface area contributed by atoms with Crippen molar-refractivity contribution in [2.45, 2.75) is 19.8 Å². The fourth-order valence-electron chi connectivity index (χ4n) is 3.10. The van der Waals surface area contributed by atoms with Gasteiger partial charge in [0, 0.05) is 5.56 Å². The summed E-state index contributed by atoms with van der Waals surface area (Å²) in [4.78, 5) is 25.9. The average Bonchev–Trinajstić information content (AvgIpc) is 3.28. The van der Waals surface area contributed by atoms with Gasteiger partial charge in [-0.25, -0.2) is 5.10 Å². The van der Waals surface area contributed by atoms with Gasteiger partial charge in [-0.2, -0.15) is 0 Å². The van der Waals surface area contributed by atoms with E-state index >= 15 is 0 Å². The largest absolute Gasteiger partial charge is 0.492 e. The maximum Gasteiger partial charge on any atom is 0.268 e. The number of tetrazole rings is 1. The van der Waals surface area contributed by atoms with Gasteiger partial charge in [0.25, 0.3) is 11.5 Å². The predicted molar refractivity (Wildman–Crippen MR) is 112 cm³/mol. The number of nitrogens with zero attached hydrogens (tertiary/aromatic N) is 4. The van der Waals surface area contributed by atoms with E-state index in [0.717, 1.165) is 24.0 Å². The molecule has 0 saturated carbocycles. The molecule has 9 nitrogen and oxygen atoms in total. The van der Waals surface area contributed by atoms with E-state index in [-0.39, 0.29) is 11.5 Å². The van der Waals surface area contributed by atoms with E-state index in [1.54, 1.807) is 12.3 Å². The molecule has 0 spiro atoms. The van der Waals surface area contributed by atoms with Gasteiger partial charge in [0.1, 0.15) is 11.3 Å². The number of nitrogens with one attached hydrogen (secondary N) is 2. The molecule has 0 aliphatic heterocycles. The average molecular weight is 404 g/mol. The number of carbonyl (C=O) groups excluding carboxylic acids is 1. The molecule has 0 atom stereocenters. The molecule has 1 amide bonds. The van der Waals surface area contributed by atoms with E-state index in [9.17, 15) is 9.59 Å². The van der Waals surface area contributed by atoms with Crippen molar-refractivity contribution in [2.75, 3.05) is 11.9 Å². The van der Waals surface area contributed by atoms with E-state index in [4.69, 9.17) is 4.74 Å². The van der Waals surface area contributed by atoms with Gasteiger partial charge in [-0.1, -0.05) is 48.8 Å². The minimum absolute atomic E-state index is 0.0338. The molecule has 0 unspecified atom stereocenters. The molecular weight excluding hydrogens is 384 g/mol. The van der Waals surface area contributed by atoms with Crippen molar-refractivity contribution >= 4 is 17.4 Å². The highest BCUT2D eigenvalue weighted by atomic mass is 16.5. The van der Waals surface area contributed by atoms with Gasteiger partial charge in [0.15, 0.2) is 0 Å². The number of unbranched alkanes of at least 4 members (excludes halogenated alkanes) is 1. The number of hydrogen-bond donors (Lipinski definition) is 2. The van der Waals surface area contributed by atoms with Crippen molar-refractivity contribution < 1.29 is 9.53 Å². The Bertz CT molecular complexity index is 1220.